The molecule has 0 spiro atoms. The van der Waals surface area contributed by atoms with E-state index in [4.69, 9.17) is 86.3 Å². The normalized spacial score (nSPS) is 51.0. The van der Waals surface area contributed by atoms with Crippen molar-refractivity contribution in [2.75, 3.05) is 59.5 Å². The summed E-state index contributed by atoms with van der Waals surface area (Å²) in [6.45, 7) is -10.7. The lowest BCUT2D eigenvalue weighted by Crippen LogP contribution is -2.70. The van der Waals surface area contributed by atoms with Crippen molar-refractivity contribution in [3.8, 4) is 0 Å². The third-order valence-corrected chi connectivity index (χ3v) is 20.8. The van der Waals surface area contributed by atoms with Crippen LogP contribution in [0.3, 0.4) is 0 Å². The predicted molar refractivity (Wildman–Crippen MR) is 335 cm³/mol. The van der Waals surface area contributed by atoms with Crippen LogP contribution in [0.4, 0.5) is 0 Å². The van der Waals surface area contributed by atoms with Crippen LogP contribution in [0.1, 0.15) is 0 Å². The van der Waals surface area contributed by atoms with Crippen LogP contribution in [0.15, 0.2) is 0 Å². The largest absolute Gasteiger partial charge is 0.394 e. The molecule has 656 valence electrons. The second kappa shape index (κ2) is 40.5. The van der Waals surface area contributed by atoms with Crippen molar-refractivity contribution in [1.82, 2.24) is 0 Å². The number of hydrogen-bond acceptors (Lipinski definition) is 52. The molecule has 0 amide bonds. The Morgan fingerprint density at radius 2 is 0.571 bits per heavy atom. The van der Waals surface area contributed by atoms with Crippen molar-refractivity contribution >= 4 is 0 Å². The minimum atomic E-state index is -2.80. The van der Waals surface area contributed by atoms with Crippen LogP contribution < -0.4 is 5.73 Å². The van der Waals surface area contributed by atoms with Crippen molar-refractivity contribution in [2.24, 2.45) is 5.73 Å². The van der Waals surface area contributed by atoms with Crippen LogP contribution in [-0.4, -0.2) is 546 Å². The fourth-order valence-electron chi connectivity index (χ4n) is 14.1. The highest BCUT2D eigenvalue weighted by Crippen LogP contribution is 2.41. The van der Waals surface area contributed by atoms with Gasteiger partial charge in [0.1, 0.15) is 250 Å². The summed E-state index contributed by atoms with van der Waals surface area (Å²) in [5, 5.41) is 372. The van der Waals surface area contributed by atoms with Gasteiger partial charge in [0.25, 0.3) is 0 Å². The van der Waals surface area contributed by atoms with E-state index in [0.717, 1.165) is 0 Å². The predicted octanol–water partition coefficient (Wildman–Crippen LogP) is -24.5. The van der Waals surface area contributed by atoms with Crippen molar-refractivity contribution in [3.63, 3.8) is 0 Å². The molecule has 36 N–H and O–H groups in total. The number of hydrogen-bond donors (Lipinski definition) is 35. The molecule has 0 bridgehead atoms. The van der Waals surface area contributed by atoms with Crippen molar-refractivity contribution in [3.05, 3.63) is 0 Å². The van der Waals surface area contributed by atoms with Gasteiger partial charge in [-0.3, -0.25) is 0 Å². The summed E-state index contributed by atoms with van der Waals surface area (Å²) in [6.07, 6.45) is -115. The highest BCUT2D eigenvalue weighted by Gasteiger charge is 2.62. The minimum absolute atomic E-state index is 0.911. The van der Waals surface area contributed by atoms with Gasteiger partial charge in [0, 0.05) is 0 Å². The van der Waals surface area contributed by atoms with E-state index in [1.54, 1.807) is 0 Å². The molecule has 112 heavy (non-hydrogen) atoms. The van der Waals surface area contributed by atoms with E-state index in [1.807, 2.05) is 0 Å². The lowest BCUT2D eigenvalue weighted by molar-refractivity contribution is -0.414. The minimum Gasteiger partial charge on any atom is -0.394 e. The summed E-state index contributed by atoms with van der Waals surface area (Å²) >= 11 is 0. The summed E-state index contributed by atoms with van der Waals surface area (Å²) in [5.74, 6) is 0. The lowest BCUT2D eigenvalue weighted by Gasteiger charge is -2.52. The van der Waals surface area contributed by atoms with Gasteiger partial charge in [0.2, 0.25) is 0 Å². The number of aliphatic hydroxyl groups is 34. The number of rotatable bonds is 31. The van der Waals surface area contributed by atoms with E-state index in [2.05, 4.69) is 0 Å². The first-order chi connectivity index (χ1) is 52.9. The van der Waals surface area contributed by atoms with E-state index in [-0.39, 0.29) is 0 Å². The first-order valence-corrected chi connectivity index (χ1v) is 35.3. The molecule has 9 aliphatic heterocycles. The second-order valence-corrected chi connectivity index (χ2v) is 28.3. The topological polar surface area (TPSA) is 871 Å². The molecular formula is C60H105NO51. The highest BCUT2D eigenvalue weighted by molar-refractivity contribution is 5.05. The third kappa shape index (κ3) is 19.8. The first kappa shape index (κ1) is 93.8. The average Bonchev–Trinajstić information content (AvgIpc) is 0.746. The number of nitrogens with two attached hydrogens (primary N) is 1. The van der Waals surface area contributed by atoms with Crippen LogP contribution in [-0.2, 0) is 80.5 Å². The maximum atomic E-state index is 12.7. The van der Waals surface area contributed by atoms with Gasteiger partial charge in [-0.2, -0.15) is 0 Å². The molecule has 0 aromatic rings. The van der Waals surface area contributed by atoms with Crippen LogP contribution in [0.5, 0.6) is 0 Å². The van der Waals surface area contributed by atoms with E-state index < -0.39 is 372 Å². The summed E-state index contributed by atoms with van der Waals surface area (Å²) in [6, 6.07) is -1.61. The van der Waals surface area contributed by atoms with E-state index in [0.29, 0.717) is 0 Å². The van der Waals surface area contributed by atoms with Crippen molar-refractivity contribution in [1.29, 1.82) is 0 Å². The Morgan fingerprint density at radius 1 is 0.250 bits per heavy atom. The summed E-state index contributed by atoms with van der Waals surface area (Å²) < 4.78 is 97.9. The molecule has 9 aliphatic rings. The fraction of sp³-hybridized carbons (Fsp3) is 1.00. The molecule has 0 aromatic heterocycles. The molecule has 9 fully saturated rings. The molecule has 9 saturated heterocycles. The highest BCUT2D eigenvalue weighted by atomic mass is 16.8. The molecular weight excluding hydrogens is 1550 g/mol. The molecule has 0 aliphatic carbocycles. The monoisotopic (exact) mass is 1660 g/mol. The zero-order valence-electron chi connectivity index (χ0n) is 58.5. The van der Waals surface area contributed by atoms with Gasteiger partial charge in [-0.25, -0.2) is 0 Å². The van der Waals surface area contributed by atoms with Gasteiger partial charge >= 0.3 is 0 Å². The lowest BCUT2D eigenvalue weighted by atomic mass is 9.92. The summed E-state index contributed by atoms with van der Waals surface area (Å²) in [5.41, 5.74) is 5.98. The molecule has 51 atom stereocenters. The maximum absolute atomic E-state index is 12.7. The van der Waals surface area contributed by atoms with Gasteiger partial charge in [-0.05, 0) is 0 Å². The van der Waals surface area contributed by atoms with Crippen LogP contribution in [0.2, 0.25) is 0 Å². The van der Waals surface area contributed by atoms with Crippen LogP contribution in [0, 0.1) is 0 Å². The SMILES string of the molecule is N[C@H]1[C@@H](OC[C@H](O)[C@H]2O[C@H](O[C@@H]3[C@H](O)[C@@H](O[C@H]4[C@@H](O)[C@H](O)[C@@H]([C@@H](O)CO)O[C@@H]4O)O[C@H]([C@H](CO)O[C@H]4O[C@H]([C@@H](O)CO)[C@@H](O)[C@H](O)[C@@H]4O)[C@H]3O[C@@H]3O[C@H](CO[C@H]4O[C@H]([C@@H](CO)O[C@H]5O[C@H]([C@H](O)CO)[C@@H](O)[C@H](O)[C@@H]5O)[C@@H](O[C@H]5O[C@H](CO)[C@H](O)[C@H](O)[C@H]5O)[C@H](O)[C@@H]4O)[C@@H](O)[C@H](O)[C@H]3O)[C@@H](O)[C@@H](O)[C@@H]2O)O[C@H](CO)[C@@H](O)[C@@H]1O. The smallest absolute Gasteiger partial charge is 0.187 e. The maximum Gasteiger partial charge on any atom is 0.187 e. The number of ether oxygens (including phenoxy) is 17. The second-order valence-electron chi connectivity index (χ2n) is 28.3. The van der Waals surface area contributed by atoms with Crippen molar-refractivity contribution in [2.45, 2.75) is 313 Å². The van der Waals surface area contributed by atoms with Crippen LogP contribution in [0.25, 0.3) is 0 Å². The van der Waals surface area contributed by atoms with E-state index in [9.17, 15) is 174 Å². The molecule has 0 radical (unpaired) electrons. The molecule has 52 heteroatoms. The summed E-state index contributed by atoms with van der Waals surface area (Å²) in [7, 11) is 0. The van der Waals surface area contributed by atoms with Gasteiger partial charge in [0.15, 0.2) is 56.6 Å². The van der Waals surface area contributed by atoms with Gasteiger partial charge in [-0.1, -0.05) is 0 Å². The van der Waals surface area contributed by atoms with Crippen LogP contribution >= 0.6 is 0 Å². The molecule has 9 rings (SSSR count). The molecule has 9 heterocycles. The van der Waals surface area contributed by atoms with Crippen molar-refractivity contribution < 1.29 is 254 Å². The Morgan fingerprint density at radius 3 is 1.04 bits per heavy atom. The fourth-order valence-corrected chi connectivity index (χ4v) is 14.1. The van der Waals surface area contributed by atoms with E-state index >= 15 is 0 Å². The molecule has 0 saturated carbocycles. The van der Waals surface area contributed by atoms with Gasteiger partial charge in [0.05, 0.1) is 65.5 Å². The Balaban J connectivity index is 1.07. The third-order valence-electron chi connectivity index (χ3n) is 20.8. The average molecular weight is 1660 g/mol. The quantitative estimate of drug-likeness (QED) is 0.0306. The molecule has 0 aromatic carbocycles. The molecule has 52 nitrogen and oxygen atoms in total. The zero-order chi connectivity index (χ0) is 82.8. The Labute approximate surface area is 630 Å². The molecule has 0 unspecified atom stereocenters. The Kier molecular flexibility index (Phi) is 33.9. The first-order valence-electron chi connectivity index (χ1n) is 35.3. The Hall–Kier alpha value is -2.08. The standard InChI is InChI=1S/C60H105NO51/c61-19-23(76)20(73)14(4-65)98-53(19)96-8-13(72)45-31(84)28(81)39(92)59(106-45)110-49-41(94)60(111-50-33(86)32(85)42(10(69)1-62)103-52(50)95)108-47(17(7-68)101-57-38(91)27(80)30(83)44(105-57)12(71)3-64)51(49)112-58-36(89)25(78)22(75)18(102-58)9-97-54-40(93)34(87)48(109-55-35(88)24(77)21(74)15(5-66)99-55)46(107-54)16(6-67)100-56-37(90)26(79)29(82)43(104-56)11(70)2-63/h10-60,62-95H,1-9,61H2/t10-,11+,12-,13-,14+,15+,16+,17-,18+,19+,20+,21-,22+,23+,24-,25-,26-,27-,28-,29-,30-,31-,32-,33-,34+,35+,36+,37-,38-,39-,40-,41-,42+,43+,44+,45+,46+,47+,48-,49+,50-,51+,52-,53-,54-,55+,56-,57-,58-,59+,60+/m0/s1. The summed E-state index contributed by atoms with van der Waals surface area (Å²) in [4.78, 5) is 0. The number of aliphatic hydroxyl groups excluding tert-OH is 34. The zero-order valence-corrected chi connectivity index (χ0v) is 58.5. The Bertz CT molecular complexity index is 2790. The van der Waals surface area contributed by atoms with Gasteiger partial charge < -0.3 is 260 Å². The van der Waals surface area contributed by atoms with E-state index in [1.165, 1.54) is 0 Å². The van der Waals surface area contributed by atoms with Gasteiger partial charge in [-0.15, -0.1) is 0 Å².